The van der Waals surface area contributed by atoms with Crippen molar-refractivity contribution in [3.8, 4) is 0 Å². The van der Waals surface area contributed by atoms with Crippen LogP contribution in [0.1, 0.15) is 34.8 Å². The lowest BCUT2D eigenvalue weighted by molar-refractivity contribution is 0.0939. The van der Waals surface area contributed by atoms with E-state index in [1.165, 1.54) is 18.4 Å². The summed E-state index contributed by atoms with van der Waals surface area (Å²) in [6.45, 7) is 2.78. The molecule has 1 amide bonds. The van der Waals surface area contributed by atoms with Crippen molar-refractivity contribution in [2.24, 2.45) is 0 Å². The van der Waals surface area contributed by atoms with Gasteiger partial charge in [-0.25, -0.2) is 0 Å². The maximum absolute atomic E-state index is 12.7. The van der Waals surface area contributed by atoms with Crippen molar-refractivity contribution >= 4 is 16.8 Å². The molecule has 5 heteroatoms. The standard InChI is InChI=1S/C20H22N4O/c25-20(17-10-6-9-16-13-22-23-19(16)17)21-14-18(24-11-4-5-12-24)15-7-2-1-3-8-15/h1-3,6-10,13,18H,4-5,11-12,14H2,(H,21,25)(H,22,23). The number of para-hydroxylation sites is 1. The third-order valence-corrected chi connectivity index (χ3v) is 4.94. The molecule has 1 atom stereocenters. The van der Waals surface area contributed by atoms with Gasteiger partial charge in [0.25, 0.3) is 5.91 Å². The van der Waals surface area contributed by atoms with Crippen LogP contribution >= 0.6 is 0 Å². The summed E-state index contributed by atoms with van der Waals surface area (Å²) in [4.78, 5) is 15.2. The predicted molar refractivity (Wildman–Crippen MR) is 98.4 cm³/mol. The molecular formula is C20H22N4O. The van der Waals surface area contributed by atoms with Gasteiger partial charge in [0.2, 0.25) is 0 Å². The van der Waals surface area contributed by atoms with Gasteiger partial charge >= 0.3 is 0 Å². The molecule has 2 N–H and O–H groups in total. The van der Waals surface area contributed by atoms with Crippen molar-refractivity contribution in [1.82, 2.24) is 20.4 Å². The zero-order chi connectivity index (χ0) is 17.1. The van der Waals surface area contributed by atoms with Crippen LogP contribution in [-0.4, -0.2) is 40.6 Å². The van der Waals surface area contributed by atoms with Crippen LogP contribution in [0.25, 0.3) is 10.9 Å². The fraction of sp³-hybridized carbons (Fsp3) is 0.300. The number of nitrogens with one attached hydrogen (secondary N) is 2. The van der Waals surface area contributed by atoms with E-state index in [2.05, 4.69) is 44.7 Å². The molecule has 1 aliphatic rings. The molecule has 2 heterocycles. The second-order valence-electron chi connectivity index (χ2n) is 6.52. The number of hydrogen-bond acceptors (Lipinski definition) is 3. The lowest BCUT2D eigenvalue weighted by atomic mass is 10.1. The summed E-state index contributed by atoms with van der Waals surface area (Å²) < 4.78 is 0. The Hall–Kier alpha value is -2.66. The summed E-state index contributed by atoms with van der Waals surface area (Å²) in [5.74, 6) is -0.0602. The third kappa shape index (κ3) is 3.28. The number of benzene rings is 2. The first-order valence-electron chi connectivity index (χ1n) is 8.82. The van der Waals surface area contributed by atoms with E-state index in [-0.39, 0.29) is 11.9 Å². The van der Waals surface area contributed by atoms with Crippen LogP contribution in [0.2, 0.25) is 0 Å². The number of carbonyl (C=O) groups excluding carboxylic acids is 1. The second-order valence-corrected chi connectivity index (χ2v) is 6.52. The van der Waals surface area contributed by atoms with Gasteiger partial charge < -0.3 is 5.32 Å². The number of likely N-dealkylation sites (tertiary alicyclic amines) is 1. The number of aromatic amines is 1. The molecule has 3 aromatic rings. The monoisotopic (exact) mass is 334 g/mol. The summed E-state index contributed by atoms with van der Waals surface area (Å²) in [6.07, 6.45) is 4.19. The number of rotatable bonds is 5. The number of amides is 1. The van der Waals surface area contributed by atoms with Crippen molar-refractivity contribution in [2.75, 3.05) is 19.6 Å². The summed E-state index contributed by atoms with van der Waals surface area (Å²) in [6, 6.07) is 16.3. The molecule has 2 aromatic carbocycles. The average molecular weight is 334 g/mol. The first-order valence-corrected chi connectivity index (χ1v) is 8.82. The molecule has 4 rings (SSSR count). The molecule has 0 spiro atoms. The smallest absolute Gasteiger partial charge is 0.253 e. The Bertz CT molecular complexity index is 852. The number of aromatic nitrogens is 2. The molecule has 0 saturated carbocycles. The Morgan fingerprint density at radius 1 is 1.12 bits per heavy atom. The van der Waals surface area contributed by atoms with Gasteiger partial charge in [0.05, 0.1) is 23.3 Å². The fourth-order valence-corrected chi connectivity index (χ4v) is 3.63. The molecule has 1 saturated heterocycles. The quantitative estimate of drug-likeness (QED) is 0.753. The van der Waals surface area contributed by atoms with E-state index in [0.717, 1.165) is 24.0 Å². The minimum atomic E-state index is -0.0602. The Morgan fingerprint density at radius 3 is 2.72 bits per heavy atom. The molecule has 1 aliphatic heterocycles. The van der Waals surface area contributed by atoms with E-state index in [9.17, 15) is 4.79 Å². The van der Waals surface area contributed by atoms with Crippen LogP contribution in [0.15, 0.2) is 54.7 Å². The highest BCUT2D eigenvalue weighted by Crippen LogP contribution is 2.24. The number of fused-ring (bicyclic) bond motifs is 1. The van der Waals surface area contributed by atoms with E-state index in [4.69, 9.17) is 0 Å². The van der Waals surface area contributed by atoms with Gasteiger partial charge in [0, 0.05) is 11.9 Å². The van der Waals surface area contributed by atoms with E-state index in [1.54, 1.807) is 6.20 Å². The van der Waals surface area contributed by atoms with Gasteiger partial charge in [-0.15, -0.1) is 0 Å². The zero-order valence-corrected chi connectivity index (χ0v) is 14.1. The van der Waals surface area contributed by atoms with Crippen LogP contribution < -0.4 is 5.32 Å². The van der Waals surface area contributed by atoms with Crippen molar-refractivity contribution in [3.05, 3.63) is 65.9 Å². The van der Waals surface area contributed by atoms with Crippen LogP contribution in [-0.2, 0) is 0 Å². The van der Waals surface area contributed by atoms with Gasteiger partial charge in [0.15, 0.2) is 0 Å². The Balaban J connectivity index is 1.53. The maximum Gasteiger partial charge on any atom is 0.253 e. The molecule has 1 aromatic heterocycles. The minimum Gasteiger partial charge on any atom is -0.350 e. The fourth-order valence-electron chi connectivity index (χ4n) is 3.63. The van der Waals surface area contributed by atoms with E-state index < -0.39 is 0 Å². The third-order valence-electron chi connectivity index (χ3n) is 4.94. The van der Waals surface area contributed by atoms with Crippen molar-refractivity contribution < 1.29 is 4.79 Å². The van der Waals surface area contributed by atoms with Gasteiger partial charge in [-0.2, -0.15) is 5.10 Å². The number of carbonyl (C=O) groups is 1. The minimum absolute atomic E-state index is 0.0602. The Labute approximate surface area is 147 Å². The van der Waals surface area contributed by atoms with Gasteiger partial charge in [-0.1, -0.05) is 42.5 Å². The van der Waals surface area contributed by atoms with Crippen molar-refractivity contribution in [1.29, 1.82) is 0 Å². The molecule has 1 fully saturated rings. The average Bonchev–Trinajstić information content (AvgIpc) is 3.34. The highest BCUT2D eigenvalue weighted by atomic mass is 16.1. The van der Waals surface area contributed by atoms with Crippen LogP contribution in [0.5, 0.6) is 0 Å². The van der Waals surface area contributed by atoms with Crippen LogP contribution in [0.4, 0.5) is 0 Å². The highest BCUT2D eigenvalue weighted by molar-refractivity contribution is 6.05. The second kappa shape index (κ2) is 7.07. The number of hydrogen-bond donors (Lipinski definition) is 2. The Morgan fingerprint density at radius 2 is 1.92 bits per heavy atom. The van der Waals surface area contributed by atoms with Crippen molar-refractivity contribution in [3.63, 3.8) is 0 Å². The molecule has 5 nitrogen and oxygen atoms in total. The molecule has 1 unspecified atom stereocenters. The normalized spacial score (nSPS) is 16.2. The largest absolute Gasteiger partial charge is 0.350 e. The summed E-state index contributed by atoms with van der Waals surface area (Å²) in [7, 11) is 0. The topological polar surface area (TPSA) is 61.0 Å². The molecule has 0 radical (unpaired) electrons. The van der Waals surface area contributed by atoms with Gasteiger partial charge in [-0.05, 0) is 37.6 Å². The first kappa shape index (κ1) is 15.8. The van der Waals surface area contributed by atoms with Gasteiger partial charge in [0.1, 0.15) is 0 Å². The molecule has 0 bridgehead atoms. The predicted octanol–water partition coefficient (Wildman–Crippen LogP) is 3.13. The van der Waals surface area contributed by atoms with E-state index >= 15 is 0 Å². The Kier molecular flexibility index (Phi) is 4.48. The first-order chi connectivity index (χ1) is 12.3. The van der Waals surface area contributed by atoms with Gasteiger partial charge in [-0.3, -0.25) is 14.8 Å². The molecule has 128 valence electrons. The van der Waals surface area contributed by atoms with Crippen LogP contribution in [0.3, 0.4) is 0 Å². The van der Waals surface area contributed by atoms with Crippen molar-refractivity contribution in [2.45, 2.75) is 18.9 Å². The molecular weight excluding hydrogens is 312 g/mol. The highest BCUT2D eigenvalue weighted by Gasteiger charge is 2.24. The summed E-state index contributed by atoms with van der Waals surface area (Å²) in [5.41, 5.74) is 2.69. The zero-order valence-electron chi connectivity index (χ0n) is 14.1. The lowest BCUT2D eigenvalue weighted by Crippen LogP contribution is -2.36. The van der Waals surface area contributed by atoms with E-state index in [0.29, 0.717) is 12.1 Å². The summed E-state index contributed by atoms with van der Waals surface area (Å²) >= 11 is 0. The maximum atomic E-state index is 12.7. The van der Waals surface area contributed by atoms with E-state index in [1.807, 2.05) is 24.3 Å². The SMILES string of the molecule is O=C(NCC(c1ccccc1)N1CCCC1)c1cccc2cn[nH]c12. The number of nitrogens with zero attached hydrogens (tertiary/aromatic N) is 2. The lowest BCUT2D eigenvalue weighted by Gasteiger charge is -2.28. The summed E-state index contributed by atoms with van der Waals surface area (Å²) in [5, 5.41) is 11.0. The number of H-pyrrole nitrogens is 1. The van der Waals surface area contributed by atoms with Crippen LogP contribution in [0, 0.1) is 0 Å². The molecule has 0 aliphatic carbocycles. The molecule has 25 heavy (non-hydrogen) atoms.